The van der Waals surface area contributed by atoms with E-state index in [-0.39, 0.29) is 11.9 Å². The molecule has 0 unspecified atom stereocenters. The average molecular weight is 306 g/mol. The molecule has 0 radical (unpaired) electrons. The Morgan fingerprint density at radius 2 is 1.95 bits per heavy atom. The lowest BCUT2D eigenvalue weighted by Crippen LogP contribution is -2.40. The Labute approximate surface area is 132 Å². The standard InChI is InChI=1S/C17H26N2O3/c1-13(15-11-14(21-2)7-8-16(15)22-3)18-17(20)12-19-9-5-4-6-10-19/h7-8,11,13H,4-6,9-10,12H2,1-3H3,(H,18,20)/t13-/m0/s1. The summed E-state index contributed by atoms with van der Waals surface area (Å²) >= 11 is 0. The molecule has 1 aliphatic rings. The van der Waals surface area contributed by atoms with Crippen molar-refractivity contribution in [2.45, 2.75) is 32.2 Å². The molecule has 1 fully saturated rings. The molecule has 1 aliphatic heterocycles. The molecule has 1 aromatic carbocycles. The summed E-state index contributed by atoms with van der Waals surface area (Å²) in [6, 6.07) is 5.50. The smallest absolute Gasteiger partial charge is 0.234 e. The van der Waals surface area contributed by atoms with Crippen molar-refractivity contribution in [3.05, 3.63) is 23.8 Å². The van der Waals surface area contributed by atoms with Crippen LogP contribution in [0, 0.1) is 0 Å². The van der Waals surface area contributed by atoms with Crippen molar-refractivity contribution < 1.29 is 14.3 Å². The highest BCUT2D eigenvalue weighted by Gasteiger charge is 2.18. The van der Waals surface area contributed by atoms with E-state index in [4.69, 9.17) is 9.47 Å². The molecule has 1 amide bonds. The van der Waals surface area contributed by atoms with Gasteiger partial charge < -0.3 is 14.8 Å². The van der Waals surface area contributed by atoms with Gasteiger partial charge in [-0.1, -0.05) is 6.42 Å². The van der Waals surface area contributed by atoms with Crippen LogP contribution in [0.3, 0.4) is 0 Å². The molecule has 0 spiro atoms. The van der Waals surface area contributed by atoms with Crippen LogP contribution in [-0.4, -0.2) is 44.7 Å². The lowest BCUT2D eigenvalue weighted by Gasteiger charge is -2.26. The largest absolute Gasteiger partial charge is 0.497 e. The summed E-state index contributed by atoms with van der Waals surface area (Å²) in [6.45, 7) is 4.47. The fourth-order valence-corrected chi connectivity index (χ4v) is 2.86. The van der Waals surface area contributed by atoms with E-state index in [2.05, 4.69) is 10.2 Å². The van der Waals surface area contributed by atoms with Crippen LogP contribution < -0.4 is 14.8 Å². The lowest BCUT2D eigenvalue weighted by atomic mass is 10.1. The summed E-state index contributed by atoms with van der Waals surface area (Å²) < 4.78 is 10.6. The Morgan fingerprint density at radius 1 is 1.23 bits per heavy atom. The molecule has 2 rings (SSSR count). The number of ether oxygens (including phenoxy) is 2. The van der Waals surface area contributed by atoms with E-state index >= 15 is 0 Å². The highest BCUT2D eigenvalue weighted by atomic mass is 16.5. The summed E-state index contributed by atoms with van der Waals surface area (Å²) in [7, 11) is 3.26. The number of hydrogen-bond acceptors (Lipinski definition) is 4. The second kappa shape index (κ2) is 8.03. The zero-order valence-corrected chi connectivity index (χ0v) is 13.7. The van der Waals surface area contributed by atoms with Crippen LogP contribution in [0.4, 0.5) is 0 Å². The van der Waals surface area contributed by atoms with E-state index in [9.17, 15) is 4.79 Å². The first-order valence-corrected chi connectivity index (χ1v) is 7.87. The highest BCUT2D eigenvalue weighted by Crippen LogP contribution is 2.29. The molecule has 22 heavy (non-hydrogen) atoms. The first-order chi connectivity index (χ1) is 10.6. The van der Waals surface area contributed by atoms with E-state index < -0.39 is 0 Å². The minimum atomic E-state index is -0.123. The molecule has 1 atom stereocenters. The number of carbonyl (C=O) groups excluding carboxylic acids is 1. The molecule has 5 heteroatoms. The summed E-state index contributed by atoms with van der Waals surface area (Å²) in [5, 5.41) is 3.05. The third kappa shape index (κ3) is 4.37. The van der Waals surface area contributed by atoms with Crippen molar-refractivity contribution in [2.24, 2.45) is 0 Å². The summed E-state index contributed by atoms with van der Waals surface area (Å²) in [4.78, 5) is 14.4. The van der Waals surface area contributed by atoms with Crippen LogP contribution in [0.15, 0.2) is 18.2 Å². The normalized spacial score (nSPS) is 16.9. The predicted molar refractivity (Wildman–Crippen MR) is 86.4 cm³/mol. The quantitative estimate of drug-likeness (QED) is 0.876. The van der Waals surface area contributed by atoms with Crippen molar-refractivity contribution in [1.82, 2.24) is 10.2 Å². The predicted octanol–water partition coefficient (Wildman–Crippen LogP) is 2.37. The third-order valence-corrected chi connectivity index (χ3v) is 4.10. The molecular weight excluding hydrogens is 280 g/mol. The average Bonchev–Trinajstić information content (AvgIpc) is 2.54. The number of likely N-dealkylation sites (tertiary alicyclic amines) is 1. The van der Waals surface area contributed by atoms with Crippen molar-refractivity contribution in [2.75, 3.05) is 33.9 Å². The molecule has 122 valence electrons. The van der Waals surface area contributed by atoms with Gasteiger partial charge in [-0.15, -0.1) is 0 Å². The van der Waals surface area contributed by atoms with Crippen LogP contribution in [0.25, 0.3) is 0 Å². The van der Waals surface area contributed by atoms with Crippen molar-refractivity contribution in [1.29, 1.82) is 0 Å². The summed E-state index contributed by atoms with van der Waals surface area (Å²) in [5.74, 6) is 1.57. The van der Waals surface area contributed by atoms with Crippen molar-refractivity contribution in [3.8, 4) is 11.5 Å². The molecule has 1 saturated heterocycles. The Kier molecular flexibility index (Phi) is 6.07. The van der Waals surface area contributed by atoms with Crippen LogP contribution in [0.1, 0.15) is 37.8 Å². The molecule has 0 aliphatic carbocycles. The van der Waals surface area contributed by atoms with Gasteiger partial charge in [-0.3, -0.25) is 9.69 Å². The second-order valence-corrected chi connectivity index (χ2v) is 5.73. The van der Waals surface area contributed by atoms with Crippen LogP contribution in [0.2, 0.25) is 0 Å². The SMILES string of the molecule is COc1ccc(OC)c([C@H](C)NC(=O)CN2CCCCC2)c1. The molecule has 0 bridgehead atoms. The van der Waals surface area contributed by atoms with E-state index in [1.807, 2.05) is 25.1 Å². The Hall–Kier alpha value is -1.75. The molecule has 0 aromatic heterocycles. The van der Waals surface area contributed by atoms with Gasteiger partial charge in [0.25, 0.3) is 0 Å². The first-order valence-electron chi connectivity index (χ1n) is 7.87. The fourth-order valence-electron chi connectivity index (χ4n) is 2.86. The van der Waals surface area contributed by atoms with Crippen LogP contribution >= 0.6 is 0 Å². The van der Waals surface area contributed by atoms with Gasteiger partial charge in [0, 0.05) is 5.56 Å². The number of rotatable bonds is 6. The summed E-state index contributed by atoms with van der Waals surface area (Å²) in [6.07, 6.45) is 3.65. The van der Waals surface area contributed by atoms with E-state index in [1.54, 1.807) is 14.2 Å². The number of nitrogens with zero attached hydrogens (tertiary/aromatic N) is 1. The summed E-state index contributed by atoms with van der Waals surface area (Å²) in [5.41, 5.74) is 0.925. The number of piperidine rings is 1. The van der Waals surface area contributed by atoms with Gasteiger partial charge >= 0.3 is 0 Å². The van der Waals surface area contributed by atoms with Gasteiger partial charge in [-0.2, -0.15) is 0 Å². The van der Waals surface area contributed by atoms with E-state index in [0.717, 1.165) is 30.2 Å². The van der Waals surface area contributed by atoms with Gasteiger partial charge in [0.05, 0.1) is 26.8 Å². The number of methoxy groups -OCH3 is 2. The maximum absolute atomic E-state index is 12.2. The lowest BCUT2D eigenvalue weighted by molar-refractivity contribution is -0.123. The number of amides is 1. The first kappa shape index (κ1) is 16.6. The van der Waals surface area contributed by atoms with Crippen molar-refractivity contribution >= 4 is 5.91 Å². The number of hydrogen-bond donors (Lipinski definition) is 1. The Balaban J connectivity index is 1.98. The zero-order chi connectivity index (χ0) is 15.9. The van der Waals surface area contributed by atoms with Crippen molar-refractivity contribution in [3.63, 3.8) is 0 Å². The molecular formula is C17H26N2O3. The van der Waals surface area contributed by atoms with Crippen LogP contribution in [-0.2, 0) is 4.79 Å². The molecule has 1 heterocycles. The van der Waals surface area contributed by atoms with Gasteiger partial charge in [0.2, 0.25) is 5.91 Å². The van der Waals surface area contributed by atoms with E-state index in [0.29, 0.717) is 6.54 Å². The van der Waals surface area contributed by atoms with Gasteiger partial charge in [-0.25, -0.2) is 0 Å². The van der Waals surface area contributed by atoms with Crippen LogP contribution in [0.5, 0.6) is 11.5 Å². The monoisotopic (exact) mass is 306 g/mol. The second-order valence-electron chi connectivity index (χ2n) is 5.73. The fraction of sp³-hybridized carbons (Fsp3) is 0.588. The number of carbonyl (C=O) groups is 1. The third-order valence-electron chi connectivity index (χ3n) is 4.10. The minimum Gasteiger partial charge on any atom is -0.497 e. The topological polar surface area (TPSA) is 50.8 Å². The highest BCUT2D eigenvalue weighted by molar-refractivity contribution is 5.78. The van der Waals surface area contributed by atoms with Gasteiger partial charge in [0.15, 0.2) is 0 Å². The number of benzene rings is 1. The maximum Gasteiger partial charge on any atom is 0.234 e. The molecule has 1 aromatic rings. The Bertz CT molecular complexity index is 499. The number of nitrogens with one attached hydrogen (secondary N) is 1. The molecule has 0 saturated carbocycles. The zero-order valence-electron chi connectivity index (χ0n) is 13.7. The van der Waals surface area contributed by atoms with Gasteiger partial charge in [0.1, 0.15) is 11.5 Å². The molecule has 1 N–H and O–H groups in total. The van der Waals surface area contributed by atoms with E-state index in [1.165, 1.54) is 19.3 Å². The maximum atomic E-state index is 12.2. The molecule has 5 nitrogen and oxygen atoms in total. The minimum absolute atomic E-state index is 0.0549. The van der Waals surface area contributed by atoms with Gasteiger partial charge in [-0.05, 0) is 51.1 Å². The Morgan fingerprint density at radius 3 is 2.59 bits per heavy atom.